The van der Waals surface area contributed by atoms with Crippen molar-refractivity contribution < 1.29 is 0 Å². The topological polar surface area (TPSA) is 26.0 Å². The van der Waals surface area contributed by atoms with Crippen LogP contribution in [0.5, 0.6) is 0 Å². The summed E-state index contributed by atoms with van der Waals surface area (Å²) < 4.78 is 0. The molecule has 16 heavy (non-hydrogen) atoms. The molecule has 0 unspecified atom stereocenters. The van der Waals surface area contributed by atoms with Crippen LogP contribution in [-0.4, -0.2) is 11.3 Å². The molecule has 0 aromatic heterocycles. The minimum absolute atomic E-state index is 0.468. The molecular weight excluding hydrogens is 214 g/mol. The summed E-state index contributed by atoms with van der Waals surface area (Å²) in [6.45, 7) is 0. The molecule has 3 rings (SSSR count). The van der Waals surface area contributed by atoms with Gasteiger partial charge < -0.3 is 5.73 Å². The Balaban J connectivity index is 1.71. The Morgan fingerprint density at radius 1 is 1.06 bits per heavy atom. The fourth-order valence-corrected chi connectivity index (χ4v) is 4.11. The molecule has 0 spiro atoms. The van der Waals surface area contributed by atoms with Gasteiger partial charge in [-0.1, -0.05) is 6.07 Å². The molecule has 1 saturated carbocycles. The van der Waals surface area contributed by atoms with Crippen molar-refractivity contribution in [1.29, 1.82) is 0 Å². The minimum atomic E-state index is 0.468. The van der Waals surface area contributed by atoms with Gasteiger partial charge in [0.25, 0.3) is 0 Å². The highest BCUT2D eigenvalue weighted by Gasteiger charge is 2.26. The molecule has 0 heterocycles. The second-order valence-electron chi connectivity index (χ2n) is 5.11. The third-order valence-corrected chi connectivity index (χ3v) is 5.00. The minimum Gasteiger partial charge on any atom is -0.328 e. The molecule has 1 aromatic carbocycles. The van der Waals surface area contributed by atoms with Gasteiger partial charge >= 0.3 is 0 Å². The van der Waals surface area contributed by atoms with E-state index in [1.54, 1.807) is 11.1 Å². The van der Waals surface area contributed by atoms with Crippen LogP contribution in [0, 0.1) is 0 Å². The van der Waals surface area contributed by atoms with Gasteiger partial charge in [0.15, 0.2) is 0 Å². The molecule has 2 heteroatoms. The van der Waals surface area contributed by atoms with Gasteiger partial charge in [0.1, 0.15) is 0 Å². The summed E-state index contributed by atoms with van der Waals surface area (Å²) in [6.07, 6.45) is 7.71. The van der Waals surface area contributed by atoms with Crippen LogP contribution in [0.1, 0.15) is 36.8 Å². The van der Waals surface area contributed by atoms with Gasteiger partial charge in [0.2, 0.25) is 0 Å². The summed E-state index contributed by atoms with van der Waals surface area (Å²) in [4.78, 5) is 1.46. The SMILES string of the molecule is NC1CC(Sc2ccc3c(c2)CCCC3)C1. The Hall–Kier alpha value is -0.470. The number of benzene rings is 1. The number of aryl methyl sites for hydroxylation is 2. The first-order valence-electron chi connectivity index (χ1n) is 6.35. The lowest BCUT2D eigenvalue weighted by molar-refractivity contribution is 0.433. The van der Waals surface area contributed by atoms with E-state index in [1.165, 1.54) is 43.4 Å². The lowest BCUT2D eigenvalue weighted by Crippen LogP contribution is -2.38. The predicted octanol–water partition coefficient (Wildman–Crippen LogP) is 3.15. The first-order chi connectivity index (χ1) is 7.81. The molecule has 2 aliphatic rings. The lowest BCUT2D eigenvalue weighted by atomic mass is 9.92. The van der Waals surface area contributed by atoms with Crippen molar-refractivity contribution in [3.8, 4) is 0 Å². The summed E-state index contributed by atoms with van der Waals surface area (Å²) >= 11 is 2.03. The zero-order chi connectivity index (χ0) is 11.0. The third-order valence-electron chi connectivity index (χ3n) is 3.75. The quantitative estimate of drug-likeness (QED) is 0.849. The fraction of sp³-hybridized carbons (Fsp3) is 0.571. The predicted molar refractivity (Wildman–Crippen MR) is 69.9 cm³/mol. The van der Waals surface area contributed by atoms with Gasteiger partial charge in [-0.05, 0) is 61.8 Å². The molecule has 0 saturated heterocycles. The zero-order valence-electron chi connectivity index (χ0n) is 9.61. The van der Waals surface area contributed by atoms with Gasteiger partial charge in [-0.25, -0.2) is 0 Å². The van der Waals surface area contributed by atoms with Crippen molar-refractivity contribution in [3.63, 3.8) is 0 Å². The summed E-state index contributed by atoms with van der Waals surface area (Å²) in [6, 6.07) is 7.53. The maximum atomic E-state index is 5.82. The Morgan fingerprint density at radius 3 is 2.56 bits per heavy atom. The van der Waals surface area contributed by atoms with E-state index in [-0.39, 0.29) is 0 Å². The van der Waals surface area contributed by atoms with Crippen LogP contribution >= 0.6 is 11.8 Å². The Kier molecular flexibility index (Phi) is 2.95. The molecule has 1 nitrogen and oxygen atoms in total. The van der Waals surface area contributed by atoms with Gasteiger partial charge in [0, 0.05) is 16.2 Å². The maximum Gasteiger partial charge on any atom is 0.0124 e. The average Bonchev–Trinajstić information content (AvgIpc) is 2.27. The van der Waals surface area contributed by atoms with E-state index in [9.17, 15) is 0 Å². The van der Waals surface area contributed by atoms with Crippen LogP contribution < -0.4 is 5.73 Å². The molecule has 0 aliphatic heterocycles. The standard InChI is InChI=1S/C14H19NS/c15-12-8-14(9-12)16-13-6-5-10-3-1-2-4-11(10)7-13/h5-7,12,14H,1-4,8-9,15H2. The first-order valence-corrected chi connectivity index (χ1v) is 7.23. The molecular formula is C14H19NS. The van der Waals surface area contributed by atoms with E-state index >= 15 is 0 Å². The van der Waals surface area contributed by atoms with Crippen LogP contribution in [0.4, 0.5) is 0 Å². The molecule has 0 radical (unpaired) electrons. The third kappa shape index (κ3) is 2.14. The maximum absolute atomic E-state index is 5.82. The van der Waals surface area contributed by atoms with Gasteiger partial charge in [-0.15, -0.1) is 11.8 Å². The number of hydrogen-bond acceptors (Lipinski definition) is 2. The summed E-state index contributed by atoms with van der Waals surface area (Å²) in [5, 5.41) is 0.775. The Morgan fingerprint density at radius 2 is 1.81 bits per heavy atom. The normalized spacial score (nSPS) is 28.3. The number of nitrogens with two attached hydrogens (primary N) is 1. The van der Waals surface area contributed by atoms with Crippen LogP contribution in [0.15, 0.2) is 23.1 Å². The van der Waals surface area contributed by atoms with Crippen molar-refractivity contribution in [3.05, 3.63) is 29.3 Å². The summed E-state index contributed by atoms with van der Waals surface area (Å²) in [5.74, 6) is 0. The van der Waals surface area contributed by atoms with Gasteiger partial charge in [0.05, 0.1) is 0 Å². The first kappa shape index (κ1) is 10.7. The van der Waals surface area contributed by atoms with Crippen molar-refractivity contribution in [2.75, 3.05) is 0 Å². The van der Waals surface area contributed by atoms with E-state index in [1.807, 2.05) is 11.8 Å². The van der Waals surface area contributed by atoms with Crippen LogP contribution in [0.3, 0.4) is 0 Å². The van der Waals surface area contributed by atoms with Crippen LogP contribution in [-0.2, 0) is 12.8 Å². The number of fused-ring (bicyclic) bond motifs is 1. The molecule has 0 bridgehead atoms. The fourth-order valence-electron chi connectivity index (χ4n) is 2.68. The Labute approximate surface area is 102 Å². The number of hydrogen-bond donors (Lipinski definition) is 1. The molecule has 0 amide bonds. The molecule has 86 valence electrons. The van der Waals surface area contributed by atoms with Crippen molar-refractivity contribution in [1.82, 2.24) is 0 Å². The van der Waals surface area contributed by atoms with Crippen molar-refractivity contribution >= 4 is 11.8 Å². The van der Waals surface area contributed by atoms with E-state index in [0.29, 0.717) is 6.04 Å². The second-order valence-corrected chi connectivity index (χ2v) is 6.48. The van der Waals surface area contributed by atoms with E-state index in [0.717, 1.165) is 5.25 Å². The number of thioether (sulfide) groups is 1. The smallest absolute Gasteiger partial charge is 0.0124 e. The zero-order valence-corrected chi connectivity index (χ0v) is 10.4. The Bertz CT molecular complexity index is 382. The summed E-state index contributed by atoms with van der Waals surface area (Å²) in [7, 11) is 0. The summed E-state index contributed by atoms with van der Waals surface area (Å²) in [5.41, 5.74) is 9.00. The molecule has 1 fully saturated rings. The van der Waals surface area contributed by atoms with Crippen LogP contribution in [0.2, 0.25) is 0 Å². The van der Waals surface area contributed by atoms with E-state index in [4.69, 9.17) is 5.73 Å². The van der Waals surface area contributed by atoms with Crippen molar-refractivity contribution in [2.45, 2.75) is 54.7 Å². The largest absolute Gasteiger partial charge is 0.328 e. The van der Waals surface area contributed by atoms with Gasteiger partial charge in [-0.2, -0.15) is 0 Å². The monoisotopic (exact) mass is 233 g/mol. The van der Waals surface area contributed by atoms with Crippen LogP contribution in [0.25, 0.3) is 0 Å². The average molecular weight is 233 g/mol. The van der Waals surface area contributed by atoms with E-state index < -0.39 is 0 Å². The highest BCUT2D eigenvalue weighted by molar-refractivity contribution is 8.00. The molecule has 0 atom stereocenters. The van der Waals surface area contributed by atoms with Crippen molar-refractivity contribution in [2.24, 2.45) is 5.73 Å². The highest BCUT2D eigenvalue weighted by atomic mass is 32.2. The molecule has 2 N–H and O–H groups in total. The second kappa shape index (κ2) is 4.42. The highest BCUT2D eigenvalue weighted by Crippen LogP contribution is 2.37. The van der Waals surface area contributed by atoms with Gasteiger partial charge in [-0.3, -0.25) is 0 Å². The molecule has 2 aliphatic carbocycles. The lowest BCUT2D eigenvalue weighted by Gasteiger charge is -2.32. The molecule has 1 aromatic rings. The number of rotatable bonds is 2. The van der Waals surface area contributed by atoms with E-state index in [2.05, 4.69) is 18.2 Å².